The minimum absolute atomic E-state index is 0.314. The van der Waals surface area contributed by atoms with E-state index in [0.717, 1.165) is 10.6 Å². The summed E-state index contributed by atoms with van der Waals surface area (Å²) in [5.41, 5.74) is 1.30. The molecule has 6 heteroatoms. The maximum atomic E-state index is 10.9. The van der Waals surface area contributed by atoms with Crippen LogP contribution in [-0.4, -0.2) is 27.4 Å². The van der Waals surface area contributed by atoms with Gasteiger partial charge in [-0.05, 0) is 11.6 Å². The molecule has 0 aromatic carbocycles. The summed E-state index contributed by atoms with van der Waals surface area (Å²) >= 11 is 0. The molecule has 2 heterocycles. The summed E-state index contributed by atoms with van der Waals surface area (Å²) in [5, 5.41) is 18.7. The van der Waals surface area contributed by atoms with Crippen LogP contribution in [0.4, 0.5) is 4.79 Å². The van der Waals surface area contributed by atoms with Crippen molar-refractivity contribution in [3.05, 3.63) is 23.5 Å². The predicted octanol–water partition coefficient (Wildman–Crippen LogP) is 1.25. The van der Waals surface area contributed by atoms with Gasteiger partial charge in [-0.1, -0.05) is 0 Å². The molecule has 0 aliphatic carbocycles. The number of hydrogen-bond acceptors (Lipinski definition) is 3. The molecule has 1 fully saturated rings. The van der Waals surface area contributed by atoms with E-state index < -0.39 is 6.09 Å². The minimum Gasteiger partial charge on any atom is -0.463 e. The quantitative estimate of drug-likeness (QED) is 0.774. The summed E-state index contributed by atoms with van der Waals surface area (Å²) in [6, 6.07) is 3.42. The summed E-state index contributed by atoms with van der Waals surface area (Å²) < 4.78 is 1.67. The lowest BCUT2D eigenvalue weighted by Gasteiger charge is -2.17. The van der Waals surface area contributed by atoms with E-state index in [1.54, 1.807) is 23.9 Å². The van der Waals surface area contributed by atoms with Crippen LogP contribution in [0.5, 0.6) is 0 Å². The molecule has 1 aliphatic rings. The maximum absolute atomic E-state index is 10.9. The highest BCUT2D eigenvalue weighted by atomic mass is 16.7. The molecule has 1 saturated heterocycles. The molecule has 84 valence electrons. The third-order valence-electron chi connectivity index (χ3n) is 2.62. The van der Waals surface area contributed by atoms with Gasteiger partial charge in [0.1, 0.15) is 11.8 Å². The standard InChI is InChI=1S/C10H11N3O3/c1-12-6-7(4-8(12)5-11)9-2-3-16-13(9)10(14)15/h4,6,9H,2-3H2,1H3,(H,14,15). The monoisotopic (exact) mass is 221 g/mol. The van der Waals surface area contributed by atoms with Gasteiger partial charge in [-0.2, -0.15) is 10.3 Å². The average Bonchev–Trinajstić information content (AvgIpc) is 2.82. The van der Waals surface area contributed by atoms with Crippen LogP contribution < -0.4 is 0 Å². The van der Waals surface area contributed by atoms with Crippen LogP contribution in [0.1, 0.15) is 23.7 Å². The van der Waals surface area contributed by atoms with Crippen molar-refractivity contribution in [2.45, 2.75) is 12.5 Å². The summed E-state index contributed by atoms with van der Waals surface area (Å²) in [7, 11) is 1.75. The number of carbonyl (C=O) groups is 1. The van der Waals surface area contributed by atoms with Crippen molar-refractivity contribution in [1.29, 1.82) is 5.26 Å². The van der Waals surface area contributed by atoms with Crippen molar-refractivity contribution >= 4 is 6.09 Å². The first kappa shape index (κ1) is 10.5. The molecule has 1 atom stereocenters. The molecule has 1 aromatic heterocycles. The number of nitriles is 1. The van der Waals surface area contributed by atoms with Crippen LogP contribution in [0.25, 0.3) is 0 Å². The Labute approximate surface area is 92.2 Å². The molecule has 0 spiro atoms. The Kier molecular flexibility index (Phi) is 2.54. The van der Waals surface area contributed by atoms with Gasteiger partial charge in [-0.3, -0.25) is 4.84 Å². The third-order valence-corrected chi connectivity index (χ3v) is 2.62. The van der Waals surface area contributed by atoms with Crippen LogP contribution in [0.15, 0.2) is 12.3 Å². The molecule has 1 unspecified atom stereocenters. The molecule has 0 bridgehead atoms. The van der Waals surface area contributed by atoms with Crippen LogP contribution in [-0.2, 0) is 11.9 Å². The molecule has 6 nitrogen and oxygen atoms in total. The van der Waals surface area contributed by atoms with Gasteiger partial charge in [0.05, 0.1) is 12.6 Å². The topological polar surface area (TPSA) is 78.5 Å². The number of aryl methyl sites for hydroxylation is 1. The van der Waals surface area contributed by atoms with Crippen molar-refractivity contribution < 1.29 is 14.7 Å². The van der Waals surface area contributed by atoms with Crippen LogP contribution in [0.3, 0.4) is 0 Å². The van der Waals surface area contributed by atoms with E-state index in [9.17, 15) is 4.79 Å². The van der Waals surface area contributed by atoms with E-state index in [-0.39, 0.29) is 6.04 Å². The molecule has 1 aliphatic heterocycles. The van der Waals surface area contributed by atoms with E-state index in [1.165, 1.54) is 0 Å². The molecule has 2 rings (SSSR count). The van der Waals surface area contributed by atoms with E-state index in [4.69, 9.17) is 15.2 Å². The van der Waals surface area contributed by atoms with Gasteiger partial charge in [0.2, 0.25) is 0 Å². The minimum atomic E-state index is -1.11. The SMILES string of the molecule is Cn1cc(C2CCON2C(=O)O)cc1C#N. The van der Waals surface area contributed by atoms with Gasteiger partial charge in [-0.15, -0.1) is 0 Å². The Bertz CT molecular complexity index is 460. The molecule has 1 N–H and O–H groups in total. The smallest absolute Gasteiger partial charge is 0.432 e. The summed E-state index contributed by atoms with van der Waals surface area (Å²) in [6.07, 6.45) is 1.26. The fourth-order valence-electron chi connectivity index (χ4n) is 1.84. The van der Waals surface area contributed by atoms with Gasteiger partial charge >= 0.3 is 6.09 Å². The first-order chi connectivity index (χ1) is 7.63. The summed E-state index contributed by atoms with van der Waals surface area (Å²) in [4.78, 5) is 15.9. The Hall–Kier alpha value is -2.00. The fraction of sp³-hybridized carbons (Fsp3) is 0.400. The average molecular weight is 221 g/mol. The predicted molar refractivity (Wildman–Crippen MR) is 53.3 cm³/mol. The second-order valence-electron chi connectivity index (χ2n) is 3.63. The normalized spacial score (nSPS) is 19.8. The Balaban J connectivity index is 2.30. The first-order valence-electron chi connectivity index (χ1n) is 4.85. The van der Waals surface area contributed by atoms with Crippen LogP contribution in [0, 0.1) is 11.3 Å². The summed E-state index contributed by atoms with van der Waals surface area (Å²) in [5.74, 6) is 0. The first-order valence-corrected chi connectivity index (χ1v) is 4.85. The number of nitrogens with zero attached hydrogens (tertiary/aromatic N) is 3. The highest BCUT2D eigenvalue weighted by molar-refractivity contribution is 5.64. The van der Waals surface area contributed by atoms with Gasteiger partial charge in [0.25, 0.3) is 0 Å². The van der Waals surface area contributed by atoms with Crippen LogP contribution >= 0.6 is 0 Å². The Morgan fingerprint density at radius 3 is 3.06 bits per heavy atom. The second-order valence-corrected chi connectivity index (χ2v) is 3.63. The number of hydroxylamine groups is 2. The van der Waals surface area contributed by atoms with E-state index >= 15 is 0 Å². The lowest BCUT2D eigenvalue weighted by Crippen LogP contribution is -2.27. The maximum Gasteiger partial charge on any atom is 0.432 e. The van der Waals surface area contributed by atoms with Gasteiger partial charge in [0, 0.05) is 19.7 Å². The van der Waals surface area contributed by atoms with E-state index in [0.29, 0.717) is 18.7 Å². The zero-order chi connectivity index (χ0) is 11.7. The lowest BCUT2D eigenvalue weighted by atomic mass is 10.1. The second kappa shape index (κ2) is 3.87. The fourth-order valence-corrected chi connectivity index (χ4v) is 1.84. The number of rotatable bonds is 1. The molecule has 0 saturated carbocycles. The highest BCUT2D eigenvalue weighted by Crippen LogP contribution is 2.30. The Morgan fingerprint density at radius 1 is 1.75 bits per heavy atom. The van der Waals surface area contributed by atoms with Crippen molar-refractivity contribution in [2.24, 2.45) is 7.05 Å². The number of aromatic nitrogens is 1. The number of carboxylic acid groups (broad SMARTS) is 1. The Morgan fingerprint density at radius 2 is 2.50 bits per heavy atom. The largest absolute Gasteiger partial charge is 0.463 e. The van der Waals surface area contributed by atoms with Gasteiger partial charge < -0.3 is 9.67 Å². The van der Waals surface area contributed by atoms with Gasteiger partial charge in [-0.25, -0.2) is 4.79 Å². The highest BCUT2D eigenvalue weighted by Gasteiger charge is 2.32. The van der Waals surface area contributed by atoms with Crippen molar-refractivity contribution in [1.82, 2.24) is 9.63 Å². The molecule has 1 amide bonds. The van der Waals surface area contributed by atoms with Gasteiger partial charge in [0.15, 0.2) is 0 Å². The van der Waals surface area contributed by atoms with E-state index in [2.05, 4.69) is 0 Å². The number of hydrogen-bond donors (Lipinski definition) is 1. The molecular weight excluding hydrogens is 210 g/mol. The zero-order valence-corrected chi connectivity index (χ0v) is 8.75. The summed E-state index contributed by atoms with van der Waals surface area (Å²) in [6.45, 7) is 0.383. The van der Waals surface area contributed by atoms with Crippen molar-refractivity contribution in [2.75, 3.05) is 6.61 Å². The molecule has 1 aromatic rings. The zero-order valence-electron chi connectivity index (χ0n) is 8.75. The lowest BCUT2D eigenvalue weighted by molar-refractivity contribution is -0.104. The van der Waals surface area contributed by atoms with Crippen LogP contribution in [0.2, 0.25) is 0 Å². The van der Waals surface area contributed by atoms with Crippen molar-refractivity contribution in [3.63, 3.8) is 0 Å². The van der Waals surface area contributed by atoms with Crippen molar-refractivity contribution in [3.8, 4) is 6.07 Å². The molecular formula is C10H11N3O3. The third kappa shape index (κ3) is 1.61. The number of amides is 1. The molecule has 16 heavy (non-hydrogen) atoms. The van der Waals surface area contributed by atoms with E-state index in [1.807, 2.05) is 6.07 Å². The molecule has 0 radical (unpaired) electrons.